The van der Waals surface area contributed by atoms with Crippen LogP contribution in [0.25, 0.3) is 11.3 Å². The molecule has 2 aromatic heterocycles. The van der Waals surface area contributed by atoms with E-state index in [9.17, 15) is 0 Å². The fourth-order valence-electron chi connectivity index (χ4n) is 1.57. The summed E-state index contributed by atoms with van der Waals surface area (Å²) in [7, 11) is 1.95. The van der Waals surface area contributed by atoms with Gasteiger partial charge in [0.05, 0.1) is 11.4 Å². The lowest BCUT2D eigenvalue weighted by Crippen LogP contribution is -1.92. The molecule has 2 aromatic rings. The maximum absolute atomic E-state index is 5.06. The van der Waals surface area contributed by atoms with E-state index in [1.807, 2.05) is 24.0 Å². The Labute approximate surface area is 91.4 Å². The van der Waals surface area contributed by atoms with Crippen LogP contribution in [0.5, 0.6) is 0 Å². The molecule has 0 aliphatic carbocycles. The number of aromatic amines is 1. The van der Waals surface area contributed by atoms with E-state index in [0.29, 0.717) is 0 Å². The first-order valence-electron chi connectivity index (χ1n) is 4.28. The van der Waals surface area contributed by atoms with Crippen LogP contribution in [-0.2, 0) is 7.05 Å². The number of nitrogens with zero attached hydrogens (tertiary/aromatic N) is 2. The lowest BCUT2D eigenvalue weighted by molar-refractivity contribution is 0.731. The number of nitrogens with one attached hydrogen (secondary N) is 1. The SMILES string of the molecule is Cc1nn(C)c(C)c1-c1csc(=S)[nH]1. The zero-order chi connectivity index (χ0) is 10.3. The average Bonchev–Trinajstić information content (AvgIpc) is 2.60. The van der Waals surface area contributed by atoms with Crippen molar-refractivity contribution < 1.29 is 0 Å². The molecule has 0 radical (unpaired) electrons. The van der Waals surface area contributed by atoms with Crippen LogP contribution in [0.15, 0.2) is 5.38 Å². The minimum atomic E-state index is 0.808. The molecule has 14 heavy (non-hydrogen) atoms. The second-order valence-electron chi connectivity index (χ2n) is 3.23. The summed E-state index contributed by atoms with van der Waals surface area (Å²) >= 11 is 6.61. The Hall–Kier alpha value is -0.940. The second kappa shape index (κ2) is 3.33. The van der Waals surface area contributed by atoms with Crippen LogP contribution in [0.4, 0.5) is 0 Å². The van der Waals surface area contributed by atoms with Crippen molar-refractivity contribution in [3.8, 4) is 11.3 Å². The van der Waals surface area contributed by atoms with Crippen LogP contribution in [-0.4, -0.2) is 14.8 Å². The third-order valence-corrected chi connectivity index (χ3v) is 3.36. The summed E-state index contributed by atoms with van der Waals surface area (Å²) in [6, 6.07) is 0. The van der Waals surface area contributed by atoms with Gasteiger partial charge in [0, 0.05) is 23.7 Å². The van der Waals surface area contributed by atoms with E-state index in [1.165, 1.54) is 5.56 Å². The lowest BCUT2D eigenvalue weighted by Gasteiger charge is -1.97. The number of hydrogen-bond acceptors (Lipinski definition) is 3. The summed E-state index contributed by atoms with van der Waals surface area (Å²) in [5, 5.41) is 6.40. The third-order valence-electron chi connectivity index (χ3n) is 2.30. The smallest absolute Gasteiger partial charge is 0.158 e. The Balaban J connectivity index is 2.67. The molecule has 0 saturated heterocycles. The van der Waals surface area contributed by atoms with Crippen molar-refractivity contribution in [2.45, 2.75) is 13.8 Å². The fourth-order valence-corrected chi connectivity index (χ4v) is 2.39. The molecular formula is C9H11N3S2. The highest BCUT2D eigenvalue weighted by molar-refractivity contribution is 7.73. The fraction of sp³-hybridized carbons (Fsp3) is 0.333. The standard InChI is InChI=1S/C9H11N3S2/c1-5-8(6(2)12(3)11-5)7-4-14-9(13)10-7/h4H,1-3H3,(H,10,13). The highest BCUT2D eigenvalue weighted by Gasteiger charge is 2.12. The number of H-pyrrole nitrogens is 1. The van der Waals surface area contributed by atoms with Crippen molar-refractivity contribution in [3.63, 3.8) is 0 Å². The van der Waals surface area contributed by atoms with Crippen LogP contribution in [0, 0.1) is 17.8 Å². The maximum atomic E-state index is 5.06. The largest absolute Gasteiger partial charge is 0.337 e. The van der Waals surface area contributed by atoms with Crippen molar-refractivity contribution in [3.05, 3.63) is 20.7 Å². The molecule has 0 unspecified atom stereocenters. The Bertz CT molecular complexity index is 518. The highest BCUT2D eigenvalue weighted by Crippen LogP contribution is 2.26. The molecule has 1 N–H and O–H groups in total. The quantitative estimate of drug-likeness (QED) is 0.757. The van der Waals surface area contributed by atoms with Crippen LogP contribution < -0.4 is 0 Å². The van der Waals surface area contributed by atoms with Gasteiger partial charge in [-0.25, -0.2) is 0 Å². The molecule has 0 atom stereocenters. The molecule has 0 aromatic carbocycles. The van der Waals surface area contributed by atoms with Gasteiger partial charge in [-0.15, -0.1) is 11.3 Å². The van der Waals surface area contributed by atoms with Gasteiger partial charge >= 0.3 is 0 Å². The Kier molecular flexibility index (Phi) is 2.28. The molecule has 0 aliphatic heterocycles. The van der Waals surface area contributed by atoms with Crippen molar-refractivity contribution in [1.29, 1.82) is 0 Å². The molecule has 2 rings (SSSR count). The molecule has 0 amide bonds. The van der Waals surface area contributed by atoms with E-state index >= 15 is 0 Å². The number of thiazole rings is 1. The minimum absolute atomic E-state index is 0.808. The molecule has 0 saturated carbocycles. The van der Waals surface area contributed by atoms with E-state index < -0.39 is 0 Å². The molecule has 5 heteroatoms. The summed E-state index contributed by atoms with van der Waals surface area (Å²) in [5.74, 6) is 0. The predicted octanol–water partition coefficient (Wildman–Crippen LogP) is 2.82. The summed E-state index contributed by atoms with van der Waals surface area (Å²) in [6.45, 7) is 4.07. The molecule has 2 heterocycles. The van der Waals surface area contributed by atoms with Crippen molar-refractivity contribution in [2.75, 3.05) is 0 Å². The zero-order valence-electron chi connectivity index (χ0n) is 8.29. The van der Waals surface area contributed by atoms with Gasteiger partial charge in [0.1, 0.15) is 0 Å². The summed E-state index contributed by atoms with van der Waals surface area (Å²) in [6.07, 6.45) is 0. The van der Waals surface area contributed by atoms with Gasteiger partial charge in [0.15, 0.2) is 3.95 Å². The van der Waals surface area contributed by atoms with Crippen molar-refractivity contribution in [1.82, 2.24) is 14.8 Å². The van der Waals surface area contributed by atoms with Gasteiger partial charge in [0.25, 0.3) is 0 Å². The molecule has 74 valence electrons. The number of aromatic nitrogens is 3. The number of rotatable bonds is 1. The van der Waals surface area contributed by atoms with Gasteiger partial charge in [0.2, 0.25) is 0 Å². The van der Waals surface area contributed by atoms with Gasteiger partial charge in [-0.05, 0) is 26.1 Å². The maximum Gasteiger partial charge on any atom is 0.158 e. The topological polar surface area (TPSA) is 33.6 Å². The van der Waals surface area contributed by atoms with E-state index in [1.54, 1.807) is 11.3 Å². The van der Waals surface area contributed by atoms with Gasteiger partial charge in [-0.3, -0.25) is 4.68 Å². The molecule has 3 nitrogen and oxygen atoms in total. The van der Waals surface area contributed by atoms with Crippen LogP contribution in [0.3, 0.4) is 0 Å². The van der Waals surface area contributed by atoms with Crippen molar-refractivity contribution in [2.24, 2.45) is 7.05 Å². The first-order valence-corrected chi connectivity index (χ1v) is 5.56. The molecule has 0 spiro atoms. The number of hydrogen-bond donors (Lipinski definition) is 1. The van der Waals surface area contributed by atoms with Gasteiger partial charge in [-0.2, -0.15) is 5.10 Å². The third kappa shape index (κ3) is 1.42. The molecule has 0 bridgehead atoms. The van der Waals surface area contributed by atoms with Gasteiger partial charge < -0.3 is 4.98 Å². The summed E-state index contributed by atoms with van der Waals surface area (Å²) in [4.78, 5) is 3.17. The molecular weight excluding hydrogens is 214 g/mol. The van der Waals surface area contributed by atoms with E-state index in [2.05, 4.69) is 17.0 Å². The predicted molar refractivity (Wildman–Crippen MR) is 61.2 cm³/mol. The first kappa shape index (κ1) is 9.61. The van der Waals surface area contributed by atoms with E-state index in [0.717, 1.165) is 21.0 Å². The van der Waals surface area contributed by atoms with E-state index in [-0.39, 0.29) is 0 Å². The second-order valence-corrected chi connectivity index (χ2v) is 4.78. The monoisotopic (exact) mass is 225 g/mol. The summed E-state index contributed by atoms with van der Waals surface area (Å²) < 4.78 is 2.70. The van der Waals surface area contributed by atoms with E-state index in [4.69, 9.17) is 12.2 Å². The molecule has 0 aliphatic rings. The van der Waals surface area contributed by atoms with Crippen molar-refractivity contribution >= 4 is 23.6 Å². The highest BCUT2D eigenvalue weighted by atomic mass is 32.1. The Morgan fingerprint density at radius 3 is 2.64 bits per heavy atom. The first-order chi connectivity index (χ1) is 6.59. The summed E-state index contributed by atoms with van der Waals surface area (Å²) in [5.41, 5.74) is 4.43. The average molecular weight is 225 g/mol. The van der Waals surface area contributed by atoms with Crippen LogP contribution in [0.2, 0.25) is 0 Å². The lowest BCUT2D eigenvalue weighted by atomic mass is 10.1. The Morgan fingerprint density at radius 2 is 2.21 bits per heavy atom. The van der Waals surface area contributed by atoms with Crippen LogP contribution >= 0.6 is 23.6 Å². The van der Waals surface area contributed by atoms with Crippen LogP contribution in [0.1, 0.15) is 11.4 Å². The zero-order valence-corrected chi connectivity index (χ0v) is 9.92. The number of aryl methyl sites for hydroxylation is 2. The van der Waals surface area contributed by atoms with Gasteiger partial charge in [-0.1, -0.05) is 0 Å². The normalized spacial score (nSPS) is 10.8. The minimum Gasteiger partial charge on any atom is -0.337 e. The Morgan fingerprint density at radius 1 is 1.50 bits per heavy atom. The molecule has 0 fully saturated rings.